The van der Waals surface area contributed by atoms with Gasteiger partial charge in [-0.1, -0.05) is 6.07 Å². The average Bonchev–Trinajstić information content (AvgIpc) is 3.51. The summed E-state index contributed by atoms with van der Waals surface area (Å²) in [7, 11) is 0. The first-order valence-electron chi connectivity index (χ1n) is 9.44. The summed E-state index contributed by atoms with van der Waals surface area (Å²) in [5.41, 5.74) is 5.83. The van der Waals surface area contributed by atoms with E-state index in [0.29, 0.717) is 17.2 Å². The van der Waals surface area contributed by atoms with Gasteiger partial charge in [-0.2, -0.15) is 5.10 Å². The fourth-order valence-electron chi connectivity index (χ4n) is 3.56. The predicted octanol–water partition coefficient (Wildman–Crippen LogP) is 5.00. The highest BCUT2D eigenvalue weighted by molar-refractivity contribution is 7.15. The van der Waals surface area contributed by atoms with Crippen LogP contribution in [0.3, 0.4) is 0 Å². The number of nitrogens with one attached hydrogen (secondary N) is 2. The number of aryl methyl sites for hydroxylation is 1. The zero-order chi connectivity index (χ0) is 20.1. The molecule has 6 aromatic rings. The molecule has 6 aromatic heterocycles. The first-order chi connectivity index (χ1) is 14.8. The van der Waals surface area contributed by atoms with Crippen LogP contribution < -0.4 is 0 Å². The first-order valence-corrected chi connectivity index (χ1v) is 10.3. The minimum atomic E-state index is 0.657. The van der Waals surface area contributed by atoms with Gasteiger partial charge < -0.3 is 4.98 Å². The van der Waals surface area contributed by atoms with Crippen molar-refractivity contribution in [2.24, 2.45) is 0 Å². The summed E-state index contributed by atoms with van der Waals surface area (Å²) >= 11 is 1.74. The molecule has 0 saturated carbocycles. The van der Waals surface area contributed by atoms with Crippen molar-refractivity contribution in [3.63, 3.8) is 0 Å². The number of rotatable bonds is 3. The van der Waals surface area contributed by atoms with Crippen LogP contribution in [0, 0.1) is 6.92 Å². The SMILES string of the molecule is Cc1ccc(-c2ccnc3[nH]c(-c4n[nH]c5ncc(-c6ccccn6)cc45)nc23)s1. The lowest BCUT2D eigenvalue weighted by molar-refractivity contribution is 1.09. The van der Waals surface area contributed by atoms with Crippen molar-refractivity contribution in [2.75, 3.05) is 0 Å². The van der Waals surface area contributed by atoms with Crippen molar-refractivity contribution in [3.8, 4) is 33.2 Å². The maximum atomic E-state index is 4.86. The van der Waals surface area contributed by atoms with E-state index in [1.54, 1.807) is 29.9 Å². The van der Waals surface area contributed by atoms with Gasteiger partial charge in [0.1, 0.15) is 11.2 Å². The van der Waals surface area contributed by atoms with Crippen LogP contribution in [0.1, 0.15) is 4.88 Å². The van der Waals surface area contributed by atoms with Gasteiger partial charge in [0.15, 0.2) is 17.1 Å². The molecule has 0 spiro atoms. The molecule has 7 nitrogen and oxygen atoms in total. The van der Waals surface area contributed by atoms with Crippen LogP contribution in [-0.4, -0.2) is 35.1 Å². The highest BCUT2D eigenvalue weighted by Crippen LogP contribution is 2.34. The second-order valence-electron chi connectivity index (χ2n) is 6.96. The minimum Gasteiger partial charge on any atom is -0.321 e. The Balaban J connectivity index is 1.52. The van der Waals surface area contributed by atoms with E-state index in [2.05, 4.69) is 49.2 Å². The number of pyridine rings is 3. The number of nitrogens with zero attached hydrogens (tertiary/aromatic N) is 5. The molecule has 144 valence electrons. The second kappa shape index (κ2) is 6.57. The molecule has 2 N–H and O–H groups in total. The van der Waals surface area contributed by atoms with Crippen LogP contribution >= 0.6 is 11.3 Å². The standard InChI is InChI=1S/C22H15N7S/c1-12-5-6-17(30-12)14-7-9-24-21-18(14)26-22(27-21)19-15-10-13(11-25-20(15)29-28-19)16-4-2-3-8-23-16/h2-11H,1H3,(H,24,26,27)(H,25,28,29). The molecule has 8 heteroatoms. The number of hydrogen-bond acceptors (Lipinski definition) is 6. The Morgan fingerprint density at radius 1 is 0.933 bits per heavy atom. The fourth-order valence-corrected chi connectivity index (χ4v) is 4.45. The summed E-state index contributed by atoms with van der Waals surface area (Å²) in [5, 5.41) is 8.36. The van der Waals surface area contributed by atoms with E-state index in [0.717, 1.165) is 33.4 Å². The molecule has 0 atom stereocenters. The molecule has 0 radical (unpaired) electrons. The Kier molecular flexibility index (Phi) is 3.72. The van der Waals surface area contributed by atoms with E-state index < -0.39 is 0 Å². The fraction of sp³-hybridized carbons (Fsp3) is 0.0455. The number of fused-ring (bicyclic) bond motifs is 2. The smallest absolute Gasteiger partial charge is 0.161 e. The van der Waals surface area contributed by atoms with Crippen LogP contribution in [-0.2, 0) is 0 Å². The molecule has 0 aliphatic rings. The van der Waals surface area contributed by atoms with E-state index in [1.165, 1.54) is 9.75 Å². The lowest BCUT2D eigenvalue weighted by atomic mass is 10.1. The maximum absolute atomic E-state index is 4.86. The number of aromatic nitrogens is 7. The number of hydrogen-bond donors (Lipinski definition) is 2. The van der Waals surface area contributed by atoms with Crippen LogP contribution in [0.4, 0.5) is 0 Å². The molecule has 6 rings (SSSR count). The van der Waals surface area contributed by atoms with Gasteiger partial charge in [-0.05, 0) is 43.3 Å². The van der Waals surface area contributed by atoms with Gasteiger partial charge in [0.25, 0.3) is 0 Å². The molecule has 0 fully saturated rings. The minimum absolute atomic E-state index is 0.657. The third-order valence-corrected chi connectivity index (χ3v) is 6.03. The highest BCUT2D eigenvalue weighted by atomic mass is 32.1. The molecule has 0 aliphatic carbocycles. The normalized spacial score (nSPS) is 11.5. The Labute approximate surface area is 174 Å². The summed E-state index contributed by atoms with van der Waals surface area (Å²) in [6.45, 7) is 2.10. The van der Waals surface area contributed by atoms with Gasteiger partial charge in [-0.15, -0.1) is 11.3 Å². The van der Waals surface area contributed by atoms with Gasteiger partial charge >= 0.3 is 0 Å². The molecule has 0 amide bonds. The van der Waals surface area contributed by atoms with Gasteiger partial charge in [-0.3, -0.25) is 10.1 Å². The zero-order valence-electron chi connectivity index (χ0n) is 15.9. The quantitative estimate of drug-likeness (QED) is 0.429. The van der Waals surface area contributed by atoms with E-state index in [1.807, 2.05) is 30.3 Å². The Morgan fingerprint density at radius 3 is 2.73 bits per heavy atom. The Bertz CT molecular complexity index is 1510. The Morgan fingerprint density at radius 2 is 1.90 bits per heavy atom. The molecule has 30 heavy (non-hydrogen) atoms. The third kappa shape index (κ3) is 2.69. The van der Waals surface area contributed by atoms with Crippen LogP contribution in [0.25, 0.3) is 55.4 Å². The van der Waals surface area contributed by atoms with Crippen LogP contribution in [0.5, 0.6) is 0 Å². The number of imidazole rings is 1. The Hall–Kier alpha value is -3.91. The second-order valence-corrected chi connectivity index (χ2v) is 8.25. The lowest BCUT2D eigenvalue weighted by Gasteiger charge is -2.00. The molecule has 0 aromatic carbocycles. The van der Waals surface area contributed by atoms with Crippen LogP contribution in [0.15, 0.2) is 61.1 Å². The maximum Gasteiger partial charge on any atom is 0.161 e. The number of thiophene rings is 1. The lowest BCUT2D eigenvalue weighted by Crippen LogP contribution is -1.85. The summed E-state index contributed by atoms with van der Waals surface area (Å²) in [5.74, 6) is 0.657. The molecule has 6 heterocycles. The van der Waals surface area contributed by atoms with Crippen LogP contribution in [0.2, 0.25) is 0 Å². The highest BCUT2D eigenvalue weighted by Gasteiger charge is 2.17. The zero-order valence-corrected chi connectivity index (χ0v) is 16.7. The van der Waals surface area contributed by atoms with E-state index in [-0.39, 0.29) is 0 Å². The molecular formula is C22H15N7S. The van der Waals surface area contributed by atoms with Crippen molar-refractivity contribution in [1.82, 2.24) is 35.1 Å². The van der Waals surface area contributed by atoms with Gasteiger partial charge in [-0.25, -0.2) is 15.0 Å². The molecular weight excluding hydrogens is 394 g/mol. The van der Waals surface area contributed by atoms with E-state index in [9.17, 15) is 0 Å². The molecule has 0 unspecified atom stereocenters. The number of aromatic amines is 2. The van der Waals surface area contributed by atoms with Gasteiger partial charge in [0, 0.05) is 39.5 Å². The summed E-state index contributed by atoms with van der Waals surface area (Å²) in [4.78, 5) is 24.0. The summed E-state index contributed by atoms with van der Waals surface area (Å²) < 4.78 is 0. The molecule has 0 bridgehead atoms. The van der Waals surface area contributed by atoms with Gasteiger partial charge in [0.2, 0.25) is 0 Å². The third-order valence-electron chi connectivity index (χ3n) is 4.99. The first kappa shape index (κ1) is 17.0. The van der Waals surface area contributed by atoms with Crippen molar-refractivity contribution in [1.29, 1.82) is 0 Å². The topological polar surface area (TPSA) is 96.0 Å². The largest absolute Gasteiger partial charge is 0.321 e. The van der Waals surface area contributed by atoms with Gasteiger partial charge in [0.05, 0.1) is 11.1 Å². The van der Waals surface area contributed by atoms with E-state index in [4.69, 9.17) is 4.98 Å². The number of H-pyrrole nitrogens is 2. The predicted molar refractivity (Wildman–Crippen MR) is 118 cm³/mol. The molecule has 0 saturated heterocycles. The van der Waals surface area contributed by atoms with E-state index >= 15 is 0 Å². The van der Waals surface area contributed by atoms with Crippen molar-refractivity contribution in [2.45, 2.75) is 6.92 Å². The average molecular weight is 409 g/mol. The molecule has 0 aliphatic heterocycles. The van der Waals surface area contributed by atoms with Crippen molar-refractivity contribution < 1.29 is 0 Å². The summed E-state index contributed by atoms with van der Waals surface area (Å²) in [6, 6.07) is 14.1. The van der Waals surface area contributed by atoms with Crippen molar-refractivity contribution >= 4 is 33.5 Å². The monoisotopic (exact) mass is 409 g/mol. The summed E-state index contributed by atoms with van der Waals surface area (Å²) in [6.07, 6.45) is 5.37. The van der Waals surface area contributed by atoms with Crippen molar-refractivity contribution in [3.05, 3.63) is 65.9 Å².